The molecule has 0 bridgehead atoms. The van der Waals surface area contributed by atoms with E-state index in [1.165, 1.54) is 18.5 Å². The quantitative estimate of drug-likeness (QED) is 0.664. The van der Waals surface area contributed by atoms with E-state index in [-0.39, 0.29) is 11.5 Å². The van der Waals surface area contributed by atoms with Crippen LogP contribution in [-0.2, 0) is 13.0 Å². The molecule has 1 heterocycles. The summed E-state index contributed by atoms with van der Waals surface area (Å²) in [4.78, 5) is 3.89. The van der Waals surface area contributed by atoms with E-state index in [2.05, 4.69) is 20.0 Å². The number of phenolic OH excluding ortho intramolecular Hbond substituents is 2. The normalized spacial score (nSPS) is 10.6. The Balaban J connectivity index is 1.78. The summed E-state index contributed by atoms with van der Waals surface area (Å²) in [7, 11) is 0. The minimum absolute atomic E-state index is 0.0537. The minimum atomic E-state index is 0.0537. The second-order valence-electron chi connectivity index (χ2n) is 3.59. The average molecular weight is 235 g/mol. The van der Waals surface area contributed by atoms with Gasteiger partial charge in [-0.3, -0.25) is 0 Å². The third-order valence-corrected chi connectivity index (χ3v) is 2.32. The van der Waals surface area contributed by atoms with Crippen LogP contribution in [0.15, 0.2) is 29.1 Å². The molecule has 2 aromatic rings. The Morgan fingerprint density at radius 2 is 2.18 bits per heavy atom. The Hall–Kier alpha value is -2.08. The Kier molecular flexibility index (Phi) is 3.56. The van der Waals surface area contributed by atoms with Crippen LogP contribution in [0.2, 0.25) is 0 Å². The molecule has 0 aliphatic heterocycles. The molecule has 0 aliphatic carbocycles. The van der Waals surface area contributed by atoms with E-state index in [9.17, 15) is 5.11 Å². The van der Waals surface area contributed by atoms with E-state index in [4.69, 9.17) is 5.11 Å². The van der Waals surface area contributed by atoms with Gasteiger partial charge in [0.1, 0.15) is 11.5 Å². The third kappa shape index (κ3) is 3.18. The molecular weight excluding hydrogens is 222 g/mol. The lowest BCUT2D eigenvalue weighted by Gasteiger charge is -2.06. The smallest absolute Gasteiger partial charge is 0.213 e. The molecule has 90 valence electrons. The summed E-state index contributed by atoms with van der Waals surface area (Å²) >= 11 is 0. The number of phenols is 2. The molecule has 0 atom stereocenters. The Morgan fingerprint density at radius 1 is 1.29 bits per heavy atom. The van der Waals surface area contributed by atoms with Crippen molar-refractivity contribution in [3.63, 3.8) is 0 Å². The number of rotatable bonds is 5. The molecule has 0 saturated carbocycles. The van der Waals surface area contributed by atoms with Crippen molar-refractivity contribution in [2.24, 2.45) is 0 Å². The molecule has 1 aromatic carbocycles. The first kappa shape index (κ1) is 11.4. The van der Waals surface area contributed by atoms with E-state index in [1.807, 2.05) is 0 Å². The summed E-state index contributed by atoms with van der Waals surface area (Å²) in [6.45, 7) is 1.20. The van der Waals surface area contributed by atoms with Crippen LogP contribution >= 0.6 is 0 Å². The first-order valence-electron chi connectivity index (χ1n) is 5.22. The molecule has 0 radical (unpaired) electrons. The highest BCUT2D eigenvalue weighted by atomic mass is 16.5. The number of aromatic hydroxyl groups is 2. The summed E-state index contributed by atoms with van der Waals surface area (Å²) in [5.74, 6) is 0.780. The summed E-state index contributed by atoms with van der Waals surface area (Å²) in [5, 5.41) is 25.5. The SMILES string of the molecule is Oc1ccc(CNCCc2ncon2)c(O)c1. The van der Waals surface area contributed by atoms with E-state index in [0.29, 0.717) is 25.3 Å². The zero-order valence-corrected chi connectivity index (χ0v) is 9.13. The van der Waals surface area contributed by atoms with Gasteiger partial charge in [-0.2, -0.15) is 4.98 Å². The standard InChI is InChI=1S/C11H13N3O3/c15-9-2-1-8(10(16)5-9)6-12-4-3-11-13-7-17-14-11/h1-2,5,7,12,15-16H,3-4,6H2. The van der Waals surface area contributed by atoms with Crippen LogP contribution in [0, 0.1) is 0 Å². The zero-order valence-electron chi connectivity index (χ0n) is 9.13. The predicted octanol–water partition coefficient (Wildman–Crippen LogP) is 0.813. The van der Waals surface area contributed by atoms with Gasteiger partial charge in [-0.15, -0.1) is 0 Å². The topological polar surface area (TPSA) is 91.4 Å². The molecule has 2 rings (SSSR count). The van der Waals surface area contributed by atoms with Crippen LogP contribution < -0.4 is 5.32 Å². The van der Waals surface area contributed by atoms with Gasteiger partial charge in [-0.25, -0.2) is 0 Å². The fourth-order valence-corrected chi connectivity index (χ4v) is 1.43. The molecule has 17 heavy (non-hydrogen) atoms. The maximum absolute atomic E-state index is 9.53. The lowest BCUT2D eigenvalue weighted by Crippen LogP contribution is -2.17. The van der Waals surface area contributed by atoms with E-state index < -0.39 is 0 Å². The van der Waals surface area contributed by atoms with Crippen LogP contribution in [-0.4, -0.2) is 26.9 Å². The van der Waals surface area contributed by atoms with E-state index >= 15 is 0 Å². The van der Waals surface area contributed by atoms with Crippen molar-refractivity contribution in [3.05, 3.63) is 36.0 Å². The summed E-state index contributed by atoms with van der Waals surface area (Å²) < 4.78 is 4.61. The van der Waals surface area contributed by atoms with E-state index in [0.717, 1.165) is 5.56 Å². The fraction of sp³-hybridized carbons (Fsp3) is 0.273. The van der Waals surface area contributed by atoms with Crippen molar-refractivity contribution in [1.29, 1.82) is 0 Å². The van der Waals surface area contributed by atoms with Crippen molar-refractivity contribution in [1.82, 2.24) is 15.5 Å². The molecule has 0 fully saturated rings. The lowest BCUT2D eigenvalue weighted by molar-refractivity contribution is 0.409. The number of hydrogen-bond donors (Lipinski definition) is 3. The van der Waals surface area contributed by atoms with Gasteiger partial charge in [0.25, 0.3) is 0 Å². The summed E-state index contributed by atoms with van der Waals surface area (Å²) in [6, 6.07) is 4.53. The fourth-order valence-electron chi connectivity index (χ4n) is 1.43. The molecule has 0 aliphatic rings. The molecule has 1 aromatic heterocycles. The number of aromatic nitrogens is 2. The largest absolute Gasteiger partial charge is 0.508 e. The van der Waals surface area contributed by atoms with Gasteiger partial charge in [0.2, 0.25) is 6.39 Å². The van der Waals surface area contributed by atoms with Crippen molar-refractivity contribution in [2.45, 2.75) is 13.0 Å². The molecule has 0 saturated heterocycles. The summed E-state index contributed by atoms with van der Waals surface area (Å²) in [6.07, 6.45) is 1.95. The maximum Gasteiger partial charge on any atom is 0.213 e. The van der Waals surface area contributed by atoms with Crippen molar-refractivity contribution in [3.8, 4) is 11.5 Å². The number of benzene rings is 1. The number of hydrogen-bond acceptors (Lipinski definition) is 6. The molecule has 6 nitrogen and oxygen atoms in total. The van der Waals surface area contributed by atoms with Crippen LogP contribution in [0.3, 0.4) is 0 Å². The van der Waals surface area contributed by atoms with Gasteiger partial charge in [0.05, 0.1) is 0 Å². The number of nitrogens with zero attached hydrogens (tertiary/aromatic N) is 2. The Labute approximate surface area is 97.9 Å². The van der Waals surface area contributed by atoms with Crippen LogP contribution in [0.25, 0.3) is 0 Å². The highest BCUT2D eigenvalue weighted by molar-refractivity contribution is 5.38. The van der Waals surface area contributed by atoms with Crippen molar-refractivity contribution >= 4 is 0 Å². The van der Waals surface area contributed by atoms with Crippen molar-refractivity contribution < 1.29 is 14.7 Å². The Morgan fingerprint density at radius 3 is 2.88 bits per heavy atom. The highest BCUT2D eigenvalue weighted by Gasteiger charge is 2.02. The second kappa shape index (κ2) is 5.31. The first-order chi connectivity index (χ1) is 8.25. The minimum Gasteiger partial charge on any atom is -0.508 e. The molecular formula is C11H13N3O3. The van der Waals surface area contributed by atoms with Gasteiger partial charge in [-0.1, -0.05) is 11.2 Å². The van der Waals surface area contributed by atoms with E-state index in [1.54, 1.807) is 6.07 Å². The van der Waals surface area contributed by atoms with Gasteiger partial charge >= 0.3 is 0 Å². The monoisotopic (exact) mass is 235 g/mol. The average Bonchev–Trinajstić information content (AvgIpc) is 2.79. The molecule has 3 N–H and O–H groups in total. The molecule has 0 amide bonds. The first-order valence-corrected chi connectivity index (χ1v) is 5.22. The van der Waals surface area contributed by atoms with Gasteiger partial charge in [-0.05, 0) is 6.07 Å². The van der Waals surface area contributed by atoms with Crippen LogP contribution in [0.5, 0.6) is 11.5 Å². The molecule has 0 unspecified atom stereocenters. The van der Waals surface area contributed by atoms with Gasteiger partial charge < -0.3 is 20.1 Å². The maximum atomic E-state index is 9.53. The third-order valence-electron chi connectivity index (χ3n) is 2.32. The predicted molar refractivity (Wildman–Crippen MR) is 59.5 cm³/mol. The van der Waals surface area contributed by atoms with Gasteiger partial charge in [0, 0.05) is 31.1 Å². The second-order valence-corrected chi connectivity index (χ2v) is 3.59. The zero-order chi connectivity index (χ0) is 12.1. The van der Waals surface area contributed by atoms with Crippen LogP contribution in [0.1, 0.15) is 11.4 Å². The lowest BCUT2D eigenvalue weighted by atomic mass is 10.2. The highest BCUT2D eigenvalue weighted by Crippen LogP contribution is 2.22. The molecule has 0 spiro atoms. The Bertz CT molecular complexity index is 471. The van der Waals surface area contributed by atoms with Crippen LogP contribution in [0.4, 0.5) is 0 Å². The molecule has 6 heteroatoms. The van der Waals surface area contributed by atoms with Gasteiger partial charge in [0.15, 0.2) is 5.82 Å². The van der Waals surface area contributed by atoms with Crippen molar-refractivity contribution in [2.75, 3.05) is 6.54 Å². The summed E-state index contributed by atoms with van der Waals surface area (Å²) in [5.41, 5.74) is 0.732. The number of nitrogens with one attached hydrogen (secondary N) is 1.